The number of aryl methyl sites for hydroxylation is 1. The lowest BCUT2D eigenvalue weighted by Gasteiger charge is -2.12. The Kier molecular flexibility index (Phi) is 3.22. The highest BCUT2D eigenvalue weighted by atomic mass is 32.1. The first-order valence-corrected chi connectivity index (χ1v) is 6.09. The van der Waals surface area contributed by atoms with Gasteiger partial charge in [-0.25, -0.2) is 0 Å². The summed E-state index contributed by atoms with van der Waals surface area (Å²) in [5.41, 5.74) is 16.3. The average Bonchev–Trinajstić information content (AvgIpc) is 2.68. The minimum Gasteiger partial charge on any atom is -0.398 e. The molecule has 0 bridgehead atoms. The highest BCUT2D eigenvalue weighted by Gasteiger charge is 2.12. The average molecular weight is 233 g/mol. The summed E-state index contributed by atoms with van der Waals surface area (Å²) < 4.78 is 0. The third kappa shape index (κ3) is 2.23. The Bertz CT molecular complexity index is 479. The molecule has 0 spiro atoms. The quantitative estimate of drug-likeness (QED) is 0.854. The van der Waals surface area contributed by atoms with Crippen molar-refractivity contribution in [1.29, 1.82) is 0 Å². The van der Waals surface area contributed by atoms with Crippen molar-refractivity contribution < 1.29 is 0 Å². The number of aromatic nitrogens is 1. The van der Waals surface area contributed by atoms with Crippen molar-refractivity contribution in [3.05, 3.63) is 45.9 Å². The van der Waals surface area contributed by atoms with Crippen molar-refractivity contribution in [3.8, 4) is 0 Å². The maximum atomic E-state index is 6.16. The molecular weight excluding hydrogens is 218 g/mol. The van der Waals surface area contributed by atoms with E-state index in [0.717, 1.165) is 17.7 Å². The van der Waals surface area contributed by atoms with E-state index in [-0.39, 0.29) is 6.04 Å². The largest absolute Gasteiger partial charge is 0.398 e. The number of thiophene rings is 1. The molecule has 0 aliphatic heterocycles. The number of rotatable bonds is 3. The van der Waals surface area contributed by atoms with Gasteiger partial charge >= 0.3 is 0 Å². The molecule has 4 N–H and O–H groups in total. The SMILES string of the molecule is Cc1cscc1C(N)Cc1cnccc1N. The molecule has 0 saturated heterocycles. The highest BCUT2D eigenvalue weighted by molar-refractivity contribution is 7.08. The number of nitrogen functional groups attached to an aromatic ring is 1. The lowest BCUT2D eigenvalue weighted by molar-refractivity contribution is 0.719. The van der Waals surface area contributed by atoms with Crippen molar-refractivity contribution in [1.82, 2.24) is 4.98 Å². The van der Waals surface area contributed by atoms with E-state index in [2.05, 4.69) is 22.7 Å². The van der Waals surface area contributed by atoms with Gasteiger partial charge < -0.3 is 11.5 Å². The fourth-order valence-electron chi connectivity index (χ4n) is 1.71. The van der Waals surface area contributed by atoms with Gasteiger partial charge in [-0.15, -0.1) is 0 Å². The molecule has 1 unspecified atom stereocenters. The molecule has 0 fully saturated rings. The standard InChI is InChI=1S/C12H15N3S/c1-8-6-16-7-10(8)12(14)4-9-5-15-3-2-11(9)13/h2-3,5-7,12H,4,14H2,1H3,(H2,13,15). The van der Waals surface area contributed by atoms with E-state index in [1.807, 2.05) is 6.07 Å². The van der Waals surface area contributed by atoms with Gasteiger partial charge in [0.2, 0.25) is 0 Å². The fourth-order valence-corrected chi connectivity index (χ4v) is 2.62. The Hall–Kier alpha value is -1.39. The molecule has 84 valence electrons. The Labute approximate surface area is 99.1 Å². The number of nitrogens with zero attached hydrogens (tertiary/aromatic N) is 1. The summed E-state index contributed by atoms with van der Waals surface area (Å²) in [7, 11) is 0. The minimum absolute atomic E-state index is 0.00208. The second-order valence-electron chi connectivity index (χ2n) is 3.90. The third-order valence-electron chi connectivity index (χ3n) is 2.68. The lowest BCUT2D eigenvalue weighted by atomic mass is 10.00. The normalized spacial score (nSPS) is 12.6. The van der Waals surface area contributed by atoms with Gasteiger partial charge in [-0.1, -0.05) is 0 Å². The first-order chi connectivity index (χ1) is 7.68. The minimum atomic E-state index is -0.00208. The second-order valence-corrected chi connectivity index (χ2v) is 4.64. The monoisotopic (exact) mass is 233 g/mol. The summed E-state index contributed by atoms with van der Waals surface area (Å²) in [4.78, 5) is 4.07. The van der Waals surface area contributed by atoms with Gasteiger partial charge in [-0.3, -0.25) is 4.98 Å². The van der Waals surface area contributed by atoms with Crippen LogP contribution in [0.4, 0.5) is 5.69 Å². The summed E-state index contributed by atoms with van der Waals surface area (Å²) in [6.07, 6.45) is 4.22. The van der Waals surface area contributed by atoms with E-state index in [9.17, 15) is 0 Å². The van der Waals surface area contributed by atoms with Gasteiger partial charge in [0.25, 0.3) is 0 Å². The van der Waals surface area contributed by atoms with E-state index in [1.165, 1.54) is 11.1 Å². The number of pyridine rings is 1. The van der Waals surface area contributed by atoms with Crippen LogP contribution in [0.5, 0.6) is 0 Å². The van der Waals surface area contributed by atoms with Crippen molar-refractivity contribution in [2.45, 2.75) is 19.4 Å². The molecule has 0 aliphatic rings. The zero-order valence-corrected chi connectivity index (χ0v) is 10.00. The van der Waals surface area contributed by atoms with Crippen molar-refractivity contribution in [2.24, 2.45) is 5.73 Å². The lowest BCUT2D eigenvalue weighted by Crippen LogP contribution is -2.14. The molecule has 3 nitrogen and oxygen atoms in total. The molecule has 0 radical (unpaired) electrons. The van der Waals surface area contributed by atoms with E-state index >= 15 is 0 Å². The topological polar surface area (TPSA) is 64.9 Å². The molecule has 2 rings (SSSR count). The first kappa shape index (κ1) is 11.1. The number of hydrogen-bond acceptors (Lipinski definition) is 4. The molecule has 16 heavy (non-hydrogen) atoms. The zero-order chi connectivity index (χ0) is 11.5. The predicted molar refractivity (Wildman–Crippen MR) is 68.3 cm³/mol. The first-order valence-electron chi connectivity index (χ1n) is 5.15. The molecule has 2 aromatic rings. The Morgan fingerprint density at radius 2 is 2.25 bits per heavy atom. The van der Waals surface area contributed by atoms with Crippen LogP contribution in [0.15, 0.2) is 29.2 Å². The predicted octanol–water partition coefficient (Wildman–Crippen LogP) is 2.28. The molecule has 0 saturated carbocycles. The van der Waals surface area contributed by atoms with Gasteiger partial charge in [0.15, 0.2) is 0 Å². The van der Waals surface area contributed by atoms with Gasteiger partial charge in [0.05, 0.1) is 0 Å². The maximum absolute atomic E-state index is 6.16. The molecule has 0 amide bonds. The van der Waals surface area contributed by atoms with Gasteiger partial charge in [-0.05, 0) is 46.9 Å². The smallest absolute Gasteiger partial charge is 0.0378 e. The van der Waals surface area contributed by atoms with Crippen molar-refractivity contribution >= 4 is 17.0 Å². The molecule has 4 heteroatoms. The maximum Gasteiger partial charge on any atom is 0.0378 e. The Balaban J connectivity index is 2.17. The van der Waals surface area contributed by atoms with Gasteiger partial charge in [0.1, 0.15) is 0 Å². The van der Waals surface area contributed by atoms with Crippen LogP contribution in [0.25, 0.3) is 0 Å². The molecule has 2 heterocycles. The van der Waals surface area contributed by atoms with E-state index in [4.69, 9.17) is 11.5 Å². The molecule has 0 aliphatic carbocycles. The van der Waals surface area contributed by atoms with E-state index in [0.29, 0.717) is 0 Å². The Morgan fingerprint density at radius 3 is 2.88 bits per heavy atom. The molecule has 1 atom stereocenters. The van der Waals surface area contributed by atoms with E-state index < -0.39 is 0 Å². The number of anilines is 1. The van der Waals surface area contributed by atoms with Gasteiger partial charge in [-0.2, -0.15) is 11.3 Å². The van der Waals surface area contributed by atoms with Gasteiger partial charge in [0, 0.05) is 24.1 Å². The summed E-state index contributed by atoms with van der Waals surface area (Å²) in [6.45, 7) is 2.08. The highest BCUT2D eigenvalue weighted by Crippen LogP contribution is 2.24. The van der Waals surface area contributed by atoms with Crippen molar-refractivity contribution in [3.63, 3.8) is 0 Å². The number of hydrogen-bond donors (Lipinski definition) is 2. The molecule has 2 aromatic heterocycles. The van der Waals surface area contributed by atoms with Crippen molar-refractivity contribution in [2.75, 3.05) is 5.73 Å². The summed E-state index contributed by atoms with van der Waals surface area (Å²) in [5, 5.41) is 4.22. The van der Waals surface area contributed by atoms with Crippen LogP contribution in [0, 0.1) is 6.92 Å². The molecule has 0 aromatic carbocycles. The summed E-state index contributed by atoms with van der Waals surface area (Å²) in [6, 6.07) is 1.81. The summed E-state index contributed by atoms with van der Waals surface area (Å²) >= 11 is 1.68. The van der Waals surface area contributed by atoms with Crippen LogP contribution >= 0.6 is 11.3 Å². The fraction of sp³-hybridized carbons (Fsp3) is 0.250. The van der Waals surface area contributed by atoms with E-state index in [1.54, 1.807) is 23.7 Å². The van der Waals surface area contributed by atoms with Crippen LogP contribution in [0.2, 0.25) is 0 Å². The molecular formula is C12H15N3S. The summed E-state index contributed by atoms with van der Waals surface area (Å²) in [5.74, 6) is 0. The third-order valence-corrected chi connectivity index (χ3v) is 3.56. The van der Waals surface area contributed by atoms with Crippen LogP contribution in [-0.2, 0) is 6.42 Å². The second kappa shape index (κ2) is 4.63. The number of nitrogens with two attached hydrogens (primary N) is 2. The van der Waals surface area contributed by atoms with Crippen LogP contribution in [0.1, 0.15) is 22.7 Å². The van der Waals surface area contributed by atoms with Crippen LogP contribution in [-0.4, -0.2) is 4.98 Å². The van der Waals surface area contributed by atoms with Crippen LogP contribution < -0.4 is 11.5 Å². The zero-order valence-electron chi connectivity index (χ0n) is 9.18. The Morgan fingerprint density at radius 1 is 1.44 bits per heavy atom. The van der Waals surface area contributed by atoms with Crippen LogP contribution in [0.3, 0.4) is 0 Å².